The maximum Gasteiger partial charge on any atom is 0.306 e. The molecule has 0 aromatic carbocycles. The first-order valence-corrected chi connectivity index (χ1v) is 3.92. The first-order valence-electron chi connectivity index (χ1n) is 3.92. The first kappa shape index (κ1) is 10.9. The molecule has 0 aliphatic carbocycles. The molecule has 0 bridgehead atoms. The van der Waals surface area contributed by atoms with Crippen molar-refractivity contribution in [2.24, 2.45) is 5.92 Å². The Kier molecular flexibility index (Phi) is 5.97. The van der Waals surface area contributed by atoms with E-state index in [1.807, 2.05) is 0 Å². The molecule has 3 nitrogen and oxygen atoms in total. The average molecular weight is 170 g/mol. The molecular formula is C9H14O3. The highest BCUT2D eigenvalue weighted by molar-refractivity contribution is 5.70. The fraction of sp³-hybridized carbons (Fsp3) is 0.556. The predicted molar refractivity (Wildman–Crippen MR) is 45.6 cm³/mol. The molecule has 3 heteroatoms. The third-order valence-corrected chi connectivity index (χ3v) is 1.40. The zero-order chi connectivity index (χ0) is 9.40. The zero-order valence-electron chi connectivity index (χ0n) is 7.29. The molecule has 0 N–H and O–H groups in total. The fourth-order valence-electron chi connectivity index (χ4n) is 0.638. The maximum atomic E-state index is 10.8. The predicted octanol–water partition coefficient (Wildman–Crippen LogP) is 1.33. The molecule has 0 amide bonds. The minimum Gasteiger partial charge on any atom is -0.461 e. The van der Waals surface area contributed by atoms with Gasteiger partial charge in [-0.1, -0.05) is 19.6 Å². The number of hydrogen-bond donors (Lipinski definition) is 0. The molecule has 0 rings (SSSR count). The lowest BCUT2D eigenvalue weighted by Crippen LogP contribution is -2.07. The summed E-state index contributed by atoms with van der Waals surface area (Å²) in [7, 11) is 0. The van der Waals surface area contributed by atoms with Crippen molar-refractivity contribution in [2.45, 2.75) is 19.8 Å². The van der Waals surface area contributed by atoms with E-state index in [0.29, 0.717) is 12.8 Å². The molecule has 0 fully saturated rings. The van der Waals surface area contributed by atoms with Gasteiger partial charge in [0.25, 0.3) is 0 Å². The number of carbonyl (C=O) groups is 2. The molecule has 0 saturated carbocycles. The number of ether oxygens (including phenoxy) is 1. The van der Waals surface area contributed by atoms with Gasteiger partial charge < -0.3 is 9.53 Å². The second-order valence-corrected chi connectivity index (χ2v) is 2.62. The normalized spacial score (nSPS) is 11.8. The average Bonchev–Trinajstić information content (AvgIpc) is 2.10. The highest BCUT2D eigenvalue weighted by atomic mass is 16.5. The molecule has 0 aromatic heterocycles. The van der Waals surface area contributed by atoms with E-state index >= 15 is 0 Å². The molecule has 0 spiro atoms. The van der Waals surface area contributed by atoms with Crippen LogP contribution < -0.4 is 0 Å². The van der Waals surface area contributed by atoms with Crippen LogP contribution in [-0.2, 0) is 14.3 Å². The minimum atomic E-state index is -0.274. The van der Waals surface area contributed by atoms with Crippen molar-refractivity contribution in [1.29, 1.82) is 0 Å². The van der Waals surface area contributed by atoms with Crippen LogP contribution in [0.1, 0.15) is 19.8 Å². The summed E-state index contributed by atoms with van der Waals surface area (Å²) in [6, 6.07) is 0. The molecule has 1 unspecified atom stereocenters. The summed E-state index contributed by atoms with van der Waals surface area (Å²) >= 11 is 0. The summed E-state index contributed by atoms with van der Waals surface area (Å²) in [6.07, 6.45) is 3.20. The van der Waals surface area contributed by atoms with Crippen molar-refractivity contribution >= 4 is 12.3 Å². The van der Waals surface area contributed by atoms with E-state index in [4.69, 9.17) is 4.74 Å². The summed E-state index contributed by atoms with van der Waals surface area (Å²) in [6.45, 7) is 5.43. The van der Waals surface area contributed by atoms with Gasteiger partial charge in [0.2, 0.25) is 0 Å². The van der Waals surface area contributed by atoms with Crippen LogP contribution in [0.5, 0.6) is 0 Å². The second-order valence-electron chi connectivity index (χ2n) is 2.62. The van der Waals surface area contributed by atoms with Gasteiger partial charge in [-0.3, -0.25) is 4.79 Å². The third-order valence-electron chi connectivity index (χ3n) is 1.40. The van der Waals surface area contributed by atoms with Crippen LogP contribution in [-0.4, -0.2) is 18.9 Å². The molecule has 0 aliphatic rings. The molecule has 68 valence electrons. The standard InChI is InChI=1S/C9H14O3/c1-3-6-12-9(11)5-4-8(2)7-10/h3,7-8H,1,4-6H2,2H3. The summed E-state index contributed by atoms with van der Waals surface area (Å²) in [5.41, 5.74) is 0. The molecule has 0 heterocycles. The Morgan fingerprint density at radius 2 is 2.33 bits per heavy atom. The molecule has 12 heavy (non-hydrogen) atoms. The van der Waals surface area contributed by atoms with Gasteiger partial charge in [0.1, 0.15) is 12.9 Å². The lowest BCUT2D eigenvalue weighted by Gasteiger charge is -2.02. The number of rotatable bonds is 6. The Labute approximate surface area is 72.4 Å². The third kappa shape index (κ3) is 5.65. The highest BCUT2D eigenvalue weighted by Gasteiger charge is 2.05. The van der Waals surface area contributed by atoms with Crippen molar-refractivity contribution in [3.8, 4) is 0 Å². The zero-order valence-corrected chi connectivity index (χ0v) is 7.29. The van der Waals surface area contributed by atoms with Crippen molar-refractivity contribution in [2.75, 3.05) is 6.61 Å². The molecule has 0 aromatic rings. The van der Waals surface area contributed by atoms with Crippen LogP contribution in [0, 0.1) is 5.92 Å². The van der Waals surface area contributed by atoms with E-state index in [9.17, 15) is 9.59 Å². The van der Waals surface area contributed by atoms with Crippen LogP contribution in [0.3, 0.4) is 0 Å². The Hall–Kier alpha value is -1.12. The van der Waals surface area contributed by atoms with Gasteiger partial charge in [-0.05, 0) is 6.42 Å². The van der Waals surface area contributed by atoms with Crippen molar-refractivity contribution in [1.82, 2.24) is 0 Å². The number of hydrogen-bond acceptors (Lipinski definition) is 3. The topological polar surface area (TPSA) is 43.4 Å². The van der Waals surface area contributed by atoms with Crippen molar-refractivity contribution < 1.29 is 14.3 Å². The Morgan fingerprint density at radius 3 is 2.83 bits per heavy atom. The smallest absolute Gasteiger partial charge is 0.306 e. The van der Waals surface area contributed by atoms with Crippen LogP contribution in [0.2, 0.25) is 0 Å². The van der Waals surface area contributed by atoms with Crippen LogP contribution in [0.15, 0.2) is 12.7 Å². The lowest BCUT2D eigenvalue weighted by atomic mass is 10.1. The Morgan fingerprint density at radius 1 is 1.67 bits per heavy atom. The Bertz CT molecular complexity index is 163. The first-order chi connectivity index (χ1) is 5.70. The van der Waals surface area contributed by atoms with E-state index < -0.39 is 0 Å². The van der Waals surface area contributed by atoms with Crippen molar-refractivity contribution in [3.63, 3.8) is 0 Å². The van der Waals surface area contributed by atoms with Crippen LogP contribution in [0.4, 0.5) is 0 Å². The Balaban J connectivity index is 3.42. The van der Waals surface area contributed by atoms with E-state index in [0.717, 1.165) is 6.29 Å². The van der Waals surface area contributed by atoms with Gasteiger partial charge in [0.05, 0.1) is 0 Å². The van der Waals surface area contributed by atoms with Gasteiger partial charge in [-0.2, -0.15) is 0 Å². The summed E-state index contributed by atoms with van der Waals surface area (Å²) in [5, 5.41) is 0. The second kappa shape index (κ2) is 6.58. The molecule has 0 saturated heterocycles. The van der Waals surface area contributed by atoms with E-state index in [1.165, 1.54) is 6.08 Å². The molecule has 0 aliphatic heterocycles. The number of esters is 1. The van der Waals surface area contributed by atoms with E-state index in [2.05, 4.69) is 6.58 Å². The monoisotopic (exact) mass is 170 g/mol. The van der Waals surface area contributed by atoms with Gasteiger partial charge >= 0.3 is 5.97 Å². The van der Waals surface area contributed by atoms with Crippen molar-refractivity contribution in [3.05, 3.63) is 12.7 Å². The fourth-order valence-corrected chi connectivity index (χ4v) is 0.638. The maximum absolute atomic E-state index is 10.8. The van der Waals surface area contributed by atoms with Gasteiger partial charge in [0, 0.05) is 12.3 Å². The molecular weight excluding hydrogens is 156 g/mol. The summed E-state index contributed by atoms with van der Waals surface area (Å²) in [4.78, 5) is 21.0. The summed E-state index contributed by atoms with van der Waals surface area (Å²) in [5.74, 6) is -0.343. The lowest BCUT2D eigenvalue weighted by molar-refractivity contribution is -0.142. The van der Waals surface area contributed by atoms with Crippen LogP contribution >= 0.6 is 0 Å². The van der Waals surface area contributed by atoms with E-state index in [1.54, 1.807) is 6.92 Å². The van der Waals surface area contributed by atoms with Gasteiger partial charge in [-0.15, -0.1) is 0 Å². The van der Waals surface area contributed by atoms with E-state index in [-0.39, 0.29) is 18.5 Å². The van der Waals surface area contributed by atoms with Crippen LogP contribution in [0.25, 0.3) is 0 Å². The summed E-state index contributed by atoms with van der Waals surface area (Å²) < 4.78 is 4.71. The quantitative estimate of drug-likeness (QED) is 0.343. The minimum absolute atomic E-state index is 0.0683. The molecule has 1 atom stereocenters. The largest absolute Gasteiger partial charge is 0.461 e. The highest BCUT2D eigenvalue weighted by Crippen LogP contribution is 2.02. The SMILES string of the molecule is C=CCOC(=O)CCC(C)C=O. The molecule has 0 radical (unpaired) electrons. The van der Waals surface area contributed by atoms with Gasteiger partial charge in [0.15, 0.2) is 0 Å². The number of carbonyl (C=O) groups excluding carboxylic acids is 2. The number of aldehydes is 1. The van der Waals surface area contributed by atoms with Gasteiger partial charge in [-0.25, -0.2) is 0 Å².